The number of hydrogen-bond donors (Lipinski definition) is 1. The number of aldehydes is 2. The van der Waals surface area contributed by atoms with Gasteiger partial charge in [-0.2, -0.15) is 0 Å². The van der Waals surface area contributed by atoms with E-state index in [1.807, 2.05) is 42.5 Å². The van der Waals surface area contributed by atoms with Crippen molar-refractivity contribution >= 4 is 69.2 Å². The highest BCUT2D eigenvalue weighted by molar-refractivity contribution is 6.36. The van der Waals surface area contributed by atoms with Crippen LogP contribution >= 0.6 is 34.8 Å². The number of ether oxygens (including phenoxy) is 1. The summed E-state index contributed by atoms with van der Waals surface area (Å²) in [6.07, 6.45) is 1.40. The lowest BCUT2D eigenvalue weighted by Crippen LogP contribution is -1.95. The predicted octanol–water partition coefficient (Wildman–Crippen LogP) is 9.24. The van der Waals surface area contributed by atoms with Crippen LogP contribution in [0.15, 0.2) is 109 Å². The molecule has 0 fully saturated rings. The fourth-order valence-electron chi connectivity index (χ4n) is 3.60. The SMILES string of the molecule is O=Cc1cc2cccc(Cl)c2nc1Cl.O=Cc1cc2cccc(Cl)c2nc1Oc1ccccc1.Oc1ccccc1. The van der Waals surface area contributed by atoms with Crippen molar-refractivity contribution < 1.29 is 19.4 Å². The second-order valence-corrected chi connectivity index (χ2v) is 9.53. The summed E-state index contributed by atoms with van der Waals surface area (Å²) in [5.74, 6) is 1.20. The maximum atomic E-state index is 11.2. The number of carbonyl (C=O) groups excluding carboxylic acids is 2. The molecule has 6 rings (SSSR count). The van der Waals surface area contributed by atoms with Crippen molar-refractivity contribution in [2.24, 2.45) is 0 Å². The number of rotatable bonds is 4. The third kappa shape index (κ3) is 7.80. The molecule has 0 spiro atoms. The Morgan fingerprint density at radius 1 is 0.610 bits per heavy atom. The maximum absolute atomic E-state index is 11.2. The molecule has 41 heavy (non-hydrogen) atoms. The van der Waals surface area contributed by atoms with Gasteiger partial charge in [0.1, 0.15) is 16.7 Å². The second kappa shape index (κ2) is 14.2. The lowest BCUT2D eigenvalue weighted by Gasteiger charge is -2.09. The van der Waals surface area contributed by atoms with Gasteiger partial charge in [0, 0.05) is 10.8 Å². The molecule has 0 unspecified atom stereocenters. The van der Waals surface area contributed by atoms with Gasteiger partial charge >= 0.3 is 0 Å². The zero-order valence-electron chi connectivity index (χ0n) is 21.2. The number of hydrogen-bond acceptors (Lipinski definition) is 6. The summed E-state index contributed by atoms with van der Waals surface area (Å²) in [7, 11) is 0. The van der Waals surface area contributed by atoms with E-state index in [0.29, 0.717) is 50.0 Å². The maximum Gasteiger partial charge on any atom is 0.230 e. The Labute approximate surface area is 250 Å². The molecule has 4 aromatic carbocycles. The summed E-state index contributed by atoms with van der Waals surface area (Å²) in [6, 6.07) is 32.1. The van der Waals surface area contributed by atoms with Crippen LogP contribution in [0.25, 0.3) is 21.8 Å². The number of aromatic nitrogens is 2. The molecule has 0 saturated heterocycles. The first-order valence-corrected chi connectivity index (χ1v) is 13.2. The van der Waals surface area contributed by atoms with Gasteiger partial charge in [-0.25, -0.2) is 9.97 Å². The Morgan fingerprint density at radius 2 is 1.12 bits per heavy atom. The highest BCUT2D eigenvalue weighted by Crippen LogP contribution is 2.29. The van der Waals surface area contributed by atoms with Gasteiger partial charge in [0.15, 0.2) is 12.6 Å². The largest absolute Gasteiger partial charge is 0.508 e. The molecule has 0 amide bonds. The standard InChI is InChI=1S/C16H10ClNO2.C10H5Cl2NO.C6H6O/c17-14-8-4-5-11-9-12(10-19)16(18-15(11)14)20-13-6-2-1-3-7-13;11-8-3-1-2-6-4-7(5-14)10(12)13-9(6)8;7-6-4-2-1-3-5-6/h1-10H;1-5H;1-5,7H. The third-order valence-electron chi connectivity index (χ3n) is 5.53. The number of halogens is 3. The van der Waals surface area contributed by atoms with Gasteiger partial charge < -0.3 is 9.84 Å². The zero-order chi connectivity index (χ0) is 29.2. The number of fused-ring (bicyclic) bond motifs is 2. The lowest BCUT2D eigenvalue weighted by atomic mass is 10.1. The Morgan fingerprint density at radius 3 is 1.63 bits per heavy atom. The molecule has 204 valence electrons. The van der Waals surface area contributed by atoms with E-state index >= 15 is 0 Å². The lowest BCUT2D eigenvalue weighted by molar-refractivity contribution is 0.111. The molecule has 0 aliphatic carbocycles. The van der Waals surface area contributed by atoms with E-state index in [2.05, 4.69) is 9.97 Å². The first-order valence-electron chi connectivity index (χ1n) is 12.1. The number of nitrogens with zero attached hydrogens (tertiary/aromatic N) is 2. The van der Waals surface area contributed by atoms with Crippen LogP contribution in [0.1, 0.15) is 20.7 Å². The van der Waals surface area contributed by atoms with E-state index in [4.69, 9.17) is 44.6 Å². The number of pyridine rings is 2. The van der Waals surface area contributed by atoms with Crippen molar-refractivity contribution in [1.82, 2.24) is 9.97 Å². The Kier molecular flexibility index (Phi) is 10.2. The second-order valence-electron chi connectivity index (χ2n) is 8.36. The van der Waals surface area contributed by atoms with Crippen LogP contribution in [0.5, 0.6) is 17.4 Å². The van der Waals surface area contributed by atoms with Crippen molar-refractivity contribution in [3.8, 4) is 17.4 Å². The number of phenolic OH excluding ortho intramolecular Hbond substituents is 1. The quantitative estimate of drug-likeness (QED) is 0.160. The molecule has 2 aromatic heterocycles. The van der Waals surface area contributed by atoms with Gasteiger partial charge in [0.2, 0.25) is 5.88 Å². The minimum atomic E-state index is 0.181. The molecule has 0 bridgehead atoms. The number of para-hydroxylation sites is 4. The van der Waals surface area contributed by atoms with Crippen molar-refractivity contribution in [2.45, 2.75) is 0 Å². The minimum Gasteiger partial charge on any atom is -0.508 e. The molecule has 2 heterocycles. The van der Waals surface area contributed by atoms with Crippen LogP contribution in [0.4, 0.5) is 0 Å². The molecule has 0 saturated carbocycles. The molecule has 0 atom stereocenters. The van der Waals surface area contributed by atoms with Crippen LogP contribution in [0, 0.1) is 0 Å². The Balaban J connectivity index is 0.000000159. The molecular weight excluding hydrogens is 583 g/mol. The van der Waals surface area contributed by atoms with Crippen molar-refractivity contribution in [3.63, 3.8) is 0 Å². The van der Waals surface area contributed by atoms with Crippen LogP contribution < -0.4 is 4.74 Å². The minimum absolute atomic E-state index is 0.181. The van der Waals surface area contributed by atoms with E-state index in [0.717, 1.165) is 17.1 Å². The third-order valence-corrected chi connectivity index (χ3v) is 6.45. The van der Waals surface area contributed by atoms with Gasteiger partial charge in [0.25, 0.3) is 0 Å². The number of carbonyl (C=O) groups is 2. The fraction of sp³-hybridized carbons (Fsp3) is 0. The molecule has 0 aliphatic rings. The molecule has 0 aliphatic heterocycles. The Bertz CT molecular complexity index is 1800. The zero-order valence-corrected chi connectivity index (χ0v) is 23.5. The molecule has 1 N–H and O–H groups in total. The average Bonchev–Trinajstić information content (AvgIpc) is 2.99. The summed E-state index contributed by atoms with van der Waals surface area (Å²) in [4.78, 5) is 30.2. The Hall–Kier alpha value is -4.49. The molecule has 6 nitrogen and oxygen atoms in total. The topological polar surface area (TPSA) is 89.4 Å². The number of benzene rings is 4. The smallest absolute Gasteiger partial charge is 0.230 e. The van der Waals surface area contributed by atoms with Crippen molar-refractivity contribution in [3.05, 3.63) is 136 Å². The summed E-state index contributed by atoms with van der Waals surface area (Å²) in [6.45, 7) is 0. The van der Waals surface area contributed by atoms with E-state index in [9.17, 15) is 9.59 Å². The first kappa shape index (κ1) is 29.5. The van der Waals surface area contributed by atoms with Gasteiger partial charge in [-0.05, 0) is 48.5 Å². The first-order chi connectivity index (χ1) is 19.9. The van der Waals surface area contributed by atoms with E-state index in [-0.39, 0.29) is 11.0 Å². The van der Waals surface area contributed by atoms with Crippen LogP contribution in [-0.2, 0) is 0 Å². The van der Waals surface area contributed by atoms with Crippen LogP contribution in [0.3, 0.4) is 0 Å². The summed E-state index contributed by atoms with van der Waals surface area (Å²) < 4.78 is 5.66. The van der Waals surface area contributed by atoms with Crippen LogP contribution in [0.2, 0.25) is 15.2 Å². The number of phenols is 1. The summed E-state index contributed by atoms with van der Waals surface area (Å²) >= 11 is 17.8. The molecular formula is C32H21Cl3N2O4. The van der Waals surface area contributed by atoms with Crippen molar-refractivity contribution in [2.75, 3.05) is 0 Å². The normalized spacial score (nSPS) is 10.1. The van der Waals surface area contributed by atoms with Gasteiger partial charge in [-0.3, -0.25) is 9.59 Å². The average molecular weight is 604 g/mol. The molecule has 0 radical (unpaired) electrons. The highest BCUT2D eigenvalue weighted by Gasteiger charge is 2.11. The highest BCUT2D eigenvalue weighted by atomic mass is 35.5. The van der Waals surface area contributed by atoms with Gasteiger partial charge in [0.05, 0.1) is 32.2 Å². The molecule has 6 aromatic rings. The van der Waals surface area contributed by atoms with E-state index < -0.39 is 0 Å². The summed E-state index contributed by atoms with van der Waals surface area (Å²) in [5, 5.41) is 11.5. The van der Waals surface area contributed by atoms with Gasteiger partial charge in [-0.1, -0.05) is 95.5 Å². The monoisotopic (exact) mass is 602 g/mol. The predicted molar refractivity (Wildman–Crippen MR) is 164 cm³/mol. The van der Waals surface area contributed by atoms with E-state index in [1.165, 1.54) is 0 Å². The summed E-state index contributed by atoms with van der Waals surface area (Å²) in [5.41, 5.74) is 2.00. The fourth-order valence-corrected chi connectivity index (χ4v) is 4.23. The number of aromatic hydroxyl groups is 1. The molecule has 9 heteroatoms. The van der Waals surface area contributed by atoms with E-state index in [1.54, 1.807) is 66.7 Å². The van der Waals surface area contributed by atoms with Crippen LogP contribution in [-0.4, -0.2) is 27.6 Å². The van der Waals surface area contributed by atoms with Gasteiger partial charge in [-0.15, -0.1) is 0 Å². The van der Waals surface area contributed by atoms with Crippen molar-refractivity contribution in [1.29, 1.82) is 0 Å².